The van der Waals surface area contributed by atoms with Crippen LogP contribution in [0.4, 0.5) is 4.39 Å². The fourth-order valence-electron chi connectivity index (χ4n) is 9.42. The van der Waals surface area contributed by atoms with Gasteiger partial charge in [-0.2, -0.15) is 0 Å². The van der Waals surface area contributed by atoms with E-state index in [9.17, 15) is 63.2 Å². The van der Waals surface area contributed by atoms with E-state index >= 15 is 0 Å². The molecule has 0 bridgehead atoms. The third-order valence-electron chi connectivity index (χ3n) is 15.4. The molecule has 0 aromatic heterocycles. The minimum atomic E-state index is -0.982. The van der Waals surface area contributed by atoms with Gasteiger partial charge in [0.05, 0.1) is 86.7 Å². The van der Waals surface area contributed by atoms with Crippen LogP contribution in [-0.2, 0) is 76.3 Å². The number of methoxy groups -OCH3 is 8. The van der Waals surface area contributed by atoms with Crippen LogP contribution in [0.5, 0.6) is 0 Å². The van der Waals surface area contributed by atoms with Gasteiger partial charge in [-0.25, -0.2) is 42.7 Å². The fourth-order valence-corrected chi connectivity index (χ4v) is 10.9. The Bertz CT molecular complexity index is 2120. The number of aliphatic hydroxyl groups excluding tert-OH is 4. The molecule has 20 nitrogen and oxygen atoms in total. The van der Waals surface area contributed by atoms with Gasteiger partial charge < -0.3 is 58.3 Å². The predicted octanol–water partition coefficient (Wildman–Crippen LogP) is 8.96. The molecule has 0 aromatic carbocycles. The fraction of sp³-hybridized carbons (Fsp3) is 0.625. The number of rotatable bonds is 8. The highest BCUT2D eigenvalue weighted by Gasteiger charge is 2.32. The summed E-state index contributed by atoms with van der Waals surface area (Å²) in [7, 11) is 10.9. The Hall–Kier alpha value is -5.05. The Morgan fingerprint density at radius 2 is 0.580 bits per heavy atom. The standard InChI is InChI=1S/C8H11BrO2.C8H11ClO2.C8H11FO2.C8H11IO2.4C8H12O3/c8*1-5-3-6(4-7(5)9)8(10)11-2/h4*4-5,7H,3H2,1-2H3;4*4-5,7,9H,3H2,1-2H3/t5-,7-;5-,7+;2*5-,7-;4*5-,7+/m00000000/s1. The first-order valence-electron chi connectivity index (χ1n) is 28.8. The first-order chi connectivity index (χ1) is 41.2. The van der Waals surface area contributed by atoms with Gasteiger partial charge in [0.2, 0.25) is 0 Å². The van der Waals surface area contributed by atoms with Crippen molar-refractivity contribution in [3.63, 3.8) is 0 Å². The molecule has 0 radical (unpaired) electrons. The molecule has 496 valence electrons. The van der Waals surface area contributed by atoms with Crippen molar-refractivity contribution < 1.29 is 101 Å². The lowest BCUT2D eigenvalue weighted by Crippen LogP contribution is -2.08. The van der Waals surface area contributed by atoms with Crippen LogP contribution in [0.3, 0.4) is 0 Å². The highest BCUT2D eigenvalue weighted by Crippen LogP contribution is 2.34. The Morgan fingerprint density at radius 3 is 0.761 bits per heavy atom. The summed E-state index contributed by atoms with van der Waals surface area (Å²) >= 11 is 11.7. The van der Waals surface area contributed by atoms with Crippen molar-refractivity contribution in [2.45, 2.75) is 151 Å². The second kappa shape index (κ2) is 40.6. The van der Waals surface area contributed by atoms with Crippen molar-refractivity contribution in [2.75, 3.05) is 56.9 Å². The lowest BCUT2D eigenvalue weighted by atomic mass is 10.1. The Kier molecular flexibility index (Phi) is 37.4. The van der Waals surface area contributed by atoms with Crippen molar-refractivity contribution >= 4 is 97.9 Å². The van der Waals surface area contributed by atoms with E-state index in [1.165, 1.54) is 63.0 Å². The molecule has 8 aliphatic carbocycles. The van der Waals surface area contributed by atoms with Crippen molar-refractivity contribution in [3.05, 3.63) is 93.2 Å². The van der Waals surface area contributed by atoms with Gasteiger partial charge in [0, 0.05) is 53.3 Å². The van der Waals surface area contributed by atoms with Gasteiger partial charge in [-0.15, -0.1) is 11.6 Å². The molecule has 0 heterocycles. The Morgan fingerprint density at radius 1 is 0.364 bits per heavy atom. The summed E-state index contributed by atoms with van der Waals surface area (Å²) in [6, 6.07) is 0. The summed E-state index contributed by atoms with van der Waals surface area (Å²) in [6.45, 7) is 15.6. The molecule has 0 unspecified atom stereocenters. The van der Waals surface area contributed by atoms with Gasteiger partial charge in [0.25, 0.3) is 0 Å². The van der Waals surface area contributed by atoms with Gasteiger partial charge in [-0.3, -0.25) is 0 Å². The number of ether oxygens (including phenoxy) is 8. The molecule has 0 saturated heterocycles. The van der Waals surface area contributed by atoms with Crippen molar-refractivity contribution in [3.8, 4) is 0 Å². The van der Waals surface area contributed by atoms with Crippen LogP contribution in [0.15, 0.2) is 93.2 Å². The summed E-state index contributed by atoms with van der Waals surface area (Å²) in [5, 5.41) is 36.9. The largest absolute Gasteiger partial charge is 0.466 e. The summed E-state index contributed by atoms with van der Waals surface area (Å²) in [5.41, 5.74) is 5.16. The van der Waals surface area contributed by atoms with E-state index in [1.54, 1.807) is 37.3 Å². The molecule has 8 rings (SSSR count). The number of carbonyl (C=O) groups is 8. The zero-order chi connectivity index (χ0) is 67.4. The third kappa shape index (κ3) is 26.8. The normalized spacial score (nSPS) is 29.9. The number of aliphatic hydroxyl groups is 4. The van der Waals surface area contributed by atoms with Gasteiger partial charge in [-0.1, -0.05) is 112 Å². The van der Waals surface area contributed by atoms with E-state index in [2.05, 4.69) is 90.3 Å². The number of halogens is 4. The minimum Gasteiger partial charge on any atom is -0.466 e. The molecule has 8 aliphatic rings. The van der Waals surface area contributed by atoms with Gasteiger partial charge in [-0.05, 0) is 129 Å². The molecule has 0 fully saturated rings. The molecular weight excluding hydrogens is 1350 g/mol. The number of hydrogen-bond acceptors (Lipinski definition) is 20. The first kappa shape index (κ1) is 81.0. The minimum absolute atomic E-state index is 0.0101. The van der Waals surface area contributed by atoms with Crippen LogP contribution >= 0.6 is 50.1 Å². The highest BCUT2D eigenvalue weighted by molar-refractivity contribution is 14.1. The number of esters is 8. The van der Waals surface area contributed by atoms with Crippen LogP contribution < -0.4 is 0 Å². The van der Waals surface area contributed by atoms with Crippen molar-refractivity contribution in [1.82, 2.24) is 0 Å². The second-order valence-electron chi connectivity index (χ2n) is 22.7. The maximum absolute atomic E-state index is 12.8. The molecular formula is C64H92BrClFIO20. The van der Waals surface area contributed by atoms with Crippen LogP contribution in [0.25, 0.3) is 0 Å². The van der Waals surface area contributed by atoms with Crippen LogP contribution in [0.1, 0.15) is 107 Å². The SMILES string of the molecule is COC(=O)C1=C[C@@H](Cl)[C@@H](C)C1.COC(=O)C1=C[C@@H](O)[C@@H](C)C1.COC(=O)C1=C[C@@H](O)[C@@H](C)C1.COC(=O)C1=C[C@@H](O)[C@@H](C)C1.COC(=O)C1=C[C@@H](O)[C@@H](C)C1.COC(=O)C1=C[C@H](Br)[C@@H](C)C1.COC(=O)C1=C[C@H](F)[C@@H](C)C1.COC(=O)C1=C[C@H](I)[C@@H](C)C1. The molecule has 24 heteroatoms. The zero-order valence-corrected chi connectivity index (χ0v) is 57.8. The molecule has 88 heavy (non-hydrogen) atoms. The molecule has 4 N–H and O–H groups in total. The smallest absolute Gasteiger partial charge is 0.333 e. The lowest BCUT2D eigenvalue weighted by Gasteiger charge is -2.04. The number of allylic oxidation sites excluding steroid dienone is 4. The number of carbonyl (C=O) groups excluding carboxylic acids is 8. The van der Waals surface area contributed by atoms with E-state index < -0.39 is 36.6 Å². The van der Waals surface area contributed by atoms with E-state index in [0.717, 1.165) is 30.4 Å². The van der Waals surface area contributed by atoms with Crippen LogP contribution in [0, 0.1) is 47.3 Å². The number of alkyl halides is 4. The van der Waals surface area contributed by atoms with Gasteiger partial charge in [0.1, 0.15) is 6.17 Å². The molecule has 0 amide bonds. The zero-order valence-electron chi connectivity index (χ0n) is 53.3. The average molecular weight is 1440 g/mol. The predicted molar refractivity (Wildman–Crippen MR) is 340 cm³/mol. The van der Waals surface area contributed by atoms with E-state index in [-0.39, 0.29) is 76.8 Å². The summed E-state index contributed by atoms with van der Waals surface area (Å²) in [6.07, 6.45) is 15.8. The van der Waals surface area contributed by atoms with Gasteiger partial charge in [0.15, 0.2) is 0 Å². The monoisotopic (exact) mass is 1440 g/mol. The molecule has 0 aromatic rings. The van der Waals surface area contributed by atoms with Crippen LogP contribution in [0.2, 0.25) is 0 Å². The topological polar surface area (TPSA) is 291 Å². The Balaban J connectivity index is 0.000000503. The van der Waals surface area contributed by atoms with Crippen molar-refractivity contribution in [2.24, 2.45) is 47.3 Å². The molecule has 0 aliphatic heterocycles. The van der Waals surface area contributed by atoms with Gasteiger partial charge >= 0.3 is 47.8 Å². The lowest BCUT2D eigenvalue weighted by molar-refractivity contribution is -0.137. The summed E-state index contributed by atoms with van der Waals surface area (Å²) in [5.74, 6) is -0.402. The third-order valence-corrected chi connectivity index (χ3v) is 18.7. The number of hydrogen-bond donors (Lipinski definition) is 4. The van der Waals surface area contributed by atoms with Crippen molar-refractivity contribution in [1.29, 1.82) is 0 Å². The maximum atomic E-state index is 12.8. The second-order valence-corrected chi connectivity index (χ2v) is 25.7. The quantitative estimate of drug-likeness (QED) is 0.0763. The van der Waals surface area contributed by atoms with E-state index in [1.807, 2.05) is 46.8 Å². The van der Waals surface area contributed by atoms with E-state index in [4.69, 9.17) is 11.6 Å². The summed E-state index contributed by atoms with van der Waals surface area (Å²) < 4.78 is 49.6. The van der Waals surface area contributed by atoms with Crippen LogP contribution in [-0.4, -0.2) is 170 Å². The molecule has 0 spiro atoms. The molecule has 0 saturated carbocycles. The molecule has 16 atom stereocenters. The summed E-state index contributed by atoms with van der Waals surface area (Å²) in [4.78, 5) is 87.8. The van der Waals surface area contributed by atoms with E-state index in [0.29, 0.717) is 92.0 Å². The maximum Gasteiger partial charge on any atom is 0.333 e. The average Bonchev–Trinajstić information content (AvgIpc) is 4.43. The Labute approximate surface area is 544 Å². The first-order valence-corrected chi connectivity index (χ1v) is 31.4. The highest BCUT2D eigenvalue weighted by atomic mass is 127.